The van der Waals surface area contributed by atoms with Crippen LogP contribution in [0.4, 0.5) is 13.2 Å². The van der Waals surface area contributed by atoms with Gasteiger partial charge in [0.1, 0.15) is 0 Å². The van der Waals surface area contributed by atoms with Gasteiger partial charge in [-0.1, -0.05) is 31.2 Å². The first-order valence-corrected chi connectivity index (χ1v) is 7.37. The van der Waals surface area contributed by atoms with E-state index in [4.69, 9.17) is 5.11 Å². The Hall–Kier alpha value is -2.05. The van der Waals surface area contributed by atoms with Crippen LogP contribution in [0.15, 0.2) is 24.3 Å². The van der Waals surface area contributed by atoms with Crippen molar-refractivity contribution in [3.63, 3.8) is 0 Å². The van der Waals surface area contributed by atoms with Crippen LogP contribution in [0, 0.1) is 11.8 Å². The van der Waals surface area contributed by atoms with Crippen molar-refractivity contribution in [1.29, 1.82) is 0 Å². The van der Waals surface area contributed by atoms with Gasteiger partial charge in [0.15, 0.2) is 0 Å². The number of benzene rings is 1. The van der Waals surface area contributed by atoms with Gasteiger partial charge in [-0.25, -0.2) is 0 Å². The summed E-state index contributed by atoms with van der Waals surface area (Å²) in [6, 6.07) is 7.27. The normalized spacial score (nSPS) is 21.5. The first-order valence-electron chi connectivity index (χ1n) is 7.37. The Morgan fingerprint density at radius 3 is 2.17 bits per heavy atom. The predicted octanol–water partition coefficient (Wildman–Crippen LogP) is 2.51. The number of likely N-dealkylation sites (tertiary alicyclic amines) is 1. The van der Waals surface area contributed by atoms with Crippen LogP contribution in [-0.4, -0.2) is 41.1 Å². The number of nitrogens with zero attached hydrogens (tertiary/aromatic N) is 1. The molecule has 0 saturated carbocycles. The molecule has 23 heavy (non-hydrogen) atoms. The van der Waals surface area contributed by atoms with Crippen molar-refractivity contribution in [1.82, 2.24) is 4.90 Å². The molecule has 1 saturated heterocycles. The Morgan fingerprint density at radius 1 is 1.17 bits per heavy atom. The molecule has 126 valence electrons. The molecule has 1 N–H and O–H groups in total. The van der Waals surface area contributed by atoms with E-state index in [1.807, 2.05) is 19.1 Å². The lowest BCUT2D eigenvalue weighted by Crippen LogP contribution is -2.34. The van der Waals surface area contributed by atoms with Crippen LogP contribution < -0.4 is 0 Å². The van der Waals surface area contributed by atoms with E-state index in [1.165, 1.54) is 0 Å². The molecular formula is C16H18F3NO3. The minimum absolute atomic E-state index is 0.0269. The highest BCUT2D eigenvalue weighted by Gasteiger charge is 2.53. The number of hydrogen-bond acceptors (Lipinski definition) is 2. The smallest absolute Gasteiger partial charge is 0.394 e. The number of aliphatic carboxylic acids is 1. The van der Waals surface area contributed by atoms with Gasteiger partial charge in [-0.05, 0) is 17.5 Å². The second kappa shape index (κ2) is 6.60. The molecule has 0 spiro atoms. The zero-order valence-electron chi connectivity index (χ0n) is 12.6. The van der Waals surface area contributed by atoms with Crippen molar-refractivity contribution in [3.8, 4) is 0 Å². The van der Waals surface area contributed by atoms with E-state index in [0.29, 0.717) is 5.56 Å². The van der Waals surface area contributed by atoms with E-state index in [9.17, 15) is 22.8 Å². The highest BCUT2D eigenvalue weighted by molar-refractivity contribution is 5.81. The molecule has 4 nitrogen and oxygen atoms in total. The van der Waals surface area contributed by atoms with Gasteiger partial charge < -0.3 is 10.0 Å². The number of carbonyl (C=O) groups is 2. The van der Waals surface area contributed by atoms with Crippen LogP contribution in [0.25, 0.3) is 0 Å². The fraction of sp³-hybridized carbons (Fsp3) is 0.500. The number of aryl methyl sites for hydroxylation is 1. The zero-order chi connectivity index (χ0) is 17.2. The number of hydrogen-bond donors (Lipinski definition) is 1. The van der Waals surface area contributed by atoms with E-state index < -0.39 is 43.0 Å². The molecule has 1 aromatic carbocycles. The third kappa shape index (κ3) is 4.03. The first-order chi connectivity index (χ1) is 10.7. The van der Waals surface area contributed by atoms with Crippen LogP contribution in [0.2, 0.25) is 0 Å². The third-order valence-electron chi connectivity index (χ3n) is 4.20. The van der Waals surface area contributed by atoms with E-state index >= 15 is 0 Å². The second-order valence-corrected chi connectivity index (χ2v) is 5.74. The number of halogens is 3. The van der Waals surface area contributed by atoms with E-state index in [2.05, 4.69) is 0 Å². The summed E-state index contributed by atoms with van der Waals surface area (Å²) in [5.74, 6) is -5.60. The molecule has 0 aliphatic carbocycles. The quantitative estimate of drug-likeness (QED) is 0.923. The Balaban J connectivity index is 2.06. The number of rotatable bonds is 4. The fourth-order valence-electron chi connectivity index (χ4n) is 2.77. The standard InChI is InChI=1S/C16H18F3NO3/c1-2-10-3-5-11(6-4-10)7-14(21)20-8-12(15(22)23)13(9-20)16(17,18)19/h3-6,12-13H,2,7-9H2,1H3,(H,22,23)/t12-,13-/m1/s1. The van der Waals surface area contributed by atoms with Crippen LogP contribution in [0.5, 0.6) is 0 Å². The molecule has 0 aromatic heterocycles. The molecule has 0 unspecified atom stereocenters. The molecule has 0 radical (unpaired) electrons. The Bertz CT molecular complexity index is 583. The van der Waals surface area contributed by atoms with E-state index in [-0.39, 0.29) is 6.42 Å². The van der Waals surface area contributed by atoms with Gasteiger partial charge in [0, 0.05) is 13.1 Å². The van der Waals surface area contributed by atoms with Crippen molar-refractivity contribution >= 4 is 11.9 Å². The molecular weight excluding hydrogens is 311 g/mol. The average Bonchev–Trinajstić information content (AvgIpc) is 2.93. The van der Waals surface area contributed by atoms with Gasteiger partial charge in [0.05, 0.1) is 18.3 Å². The molecule has 1 heterocycles. The van der Waals surface area contributed by atoms with E-state index in [1.54, 1.807) is 12.1 Å². The average molecular weight is 329 g/mol. The largest absolute Gasteiger partial charge is 0.481 e. The summed E-state index contributed by atoms with van der Waals surface area (Å²) in [6.07, 6.45) is -3.80. The van der Waals surface area contributed by atoms with Crippen LogP contribution >= 0.6 is 0 Å². The van der Waals surface area contributed by atoms with Crippen LogP contribution in [0.3, 0.4) is 0 Å². The van der Waals surface area contributed by atoms with Crippen molar-refractivity contribution < 1.29 is 27.9 Å². The van der Waals surface area contributed by atoms with Gasteiger partial charge in [-0.3, -0.25) is 9.59 Å². The summed E-state index contributed by atoms with van der Waals surface area (Å²) in [7, 11) is 0. The van der Waals surface area contributed by atoms with Gasteiger partial charge in [-0.2, -0.15) is 13.2 Å². The lowest BCUT2D eigenvalue weighted by Gasteiger charge is -2.18. The molecule has 2 atom stereocenters. The van der Waals surface area contributed by atoms with Crippen molar-refractivity contribution in [3.05, 3.63) is 35.4 Å². The minimum atomic E-state index is -4.62. The Kier molecular flexibility index (Phi) is 4.97. The molecule has 0 bridgehead atoms. The minimum Gasteiger partial charge on any atom is -0.481 e. The maximum atomic E-state index is 12.9. The van der Waals surface area contributed by atoms with Crippen molar-refractivity contribution in [2.45, 2.75) is 25.9 Å². The zero-order valence-corrected chi connectivity index (χ0v) is 12.6. The van der Waals surface area contributed by atoms with Gasteiger partial charge >= 0.3 is 12.1 Å². The lowest BCUT2D eigenvalue weighted by atomic mass is 9.96. The second-order valence-electron chi connectivity index (χ2n) is 5.74. The summed E-state index contributed by atoms with van der Waals surface area (Å²) in [5.41, 5.74) is 1.81. The maximum Gasteiger partial charge on any atom is 0.394 e. The number of alkyl halides is 3. The first kappa shape index (κ1) is 17.3. The molecule has 2 rings (SSSR count). The summed E-state index contributed by atoms with van der Waals surface area (Å²) in [5, 5.41) is 8.96. The highest BCUT2D eigenvalue weighted by Crippen LogP contribution is 2.37. The number of carboxylic acid groups (broad SMARTS) is 1. The summed E-state index contributed by atoms with van der Waals surface area (Å²) in [6.45, 7) is 1.01. The maximum absolute atomic E-state index is 12.9. The molecule has 1 fully saturated rings. The topological polar surface area (TPSA) is 57.6 Å². The highest BCUT2D eigenvalue weighted by atomic mass is 19.4. The third-order valence-corrected chi connectivity index (χ3v) is 4.20. The Morgan fingerprint density at radius 2 is 1.74 bits per heavy atom. The SMILES string of the molecule is CCc1ccc(CC(=O)N2C[C@@H](C(F)(F)F)[C@H](C(=O)O)C2)cc1. The van der Waals surface area contributed by atoms with Gasteiger partial charge in [0.25, 0.3) is 0 Å². The monoisotopic (exact) mass is 329 g/mol. The van der Waals surface area contributed by atoms with Gasteiger partial charge in [-0.15, -0.1) is 0 Å². The lowest BCUT2D eigenvalue weighted by molar-refractivity contribution is -0.188. The summed E-state index contributed by atoms with van der Waals surface area (Å²) in [4.78, 5) is 24.2. The number of carboxylic acids is 1. The summed E-state index contributed by atoms with van der Waals surface area (Å²) >= 11 is 0. The van der Waals surface area contributed by atoms with E-state index in [0.717, 1.165) is 16.9 Å². The number of carbonyl (C=O) groups excluding carboxylic acids is 1. The van der Waals surface area contributed by atoms with Crippen LogP contribution in [0.1, 0.15) is 18.1 Å². The fourth-order valence-corrected chi connectivity index (χ4v) is 2.77. The Labute approximate surface area is 131 Å². The molecule has 1 aromatic rings. The molecule has 7 heteroatoms. The number of amides is 1. The summed E-state index contributed by atoms with van der Waals surface area (Å²) < 4.78 is 38.8. The van der Waals surface area contributed by atoms with Crippen molar-refractivity contribution in [2.75, 3.05) is 13.1 Å². The van der Waals surface area contributed by atoms with Crippen LogP contribution in [-0.2, 0) is 22.4 Å². The molecule has 1 aliphatic rings. The van der Waals surface area contributed by atoms with Crippen molar-refractivity contribution in [2.24, 2.45) is 11.8 Å². The predicted molar refractivity (Wildman–Crippen MR) is 76.8 cm³/mol. The molecule has 1 amide bonds. The van der Waals surface area contributed by atoms with Gasteiger partial charge in [0.2, 0.25) is 5.91 Å². The molecule has 1 aliphatic heterocycles.